The number of nitrogens with one attached hydrogen (secondary N) is 11. The maximum Gasteiger partial charge on any atom is 0.305 e. The molecule has 1 aromatic rings. The van der Waals surface area contributed by atoms with Crippen LogP contribution in [0.1, 0.15) is 124 Å². The molecule has 594 valence electrons. The van der Waals surface area contributed by atoms with Crippen molar-refractivity contribution in [3.05, 3.63) is 35.9 Å². The molecule has 0 bridgehead atoms. The molecule has 107 heavy (non-hydrogen) atoms. The average molecular weight is 1540 g/mol. The summed E-state index contributed by atoms with van der Waals surface area (Å²) in [5.41, 5.74) is 22.6. The maximum absolute atomic E-state index is 14.9. The van der Waals surface area contributed by atoms with E-state index in [1.165, 1.54) is 9.80 Å². The number of fused-ring (bicyclic) bond motifs is 3. The van der Waals surface area contributed by atoms with E-state index in [4.69, 9.17) is 22.9 Å². The van der Waals surface area contributed by atoms with Gasteiger partial charge in [0, 0.05) is 50.7 Å². The molecule has 0 aromatic heterocycles. The van der Waals surface area contributed by atoms with Crippen molar-refractivity contribution in [2.75, 3.05) is 57.4 Å². The smallest absolute Gasteiger partial charge is 0.305 e. The zero-order chi connectivity index (χ0) is 79.4. The Balaban J connectivity index is 1.54. The summed E-state index contributed by atoms with van der Waals surface area (Å²) >= 11 is 8.62. The van der Waals surface area contributed by atoms with Crippen LogP contribution in [-0.4, -0.2) is 273 Å². The van der Waals surface area contributed by atoms with Crippen LogP contribution in [0.25, 0.3) is 0 Å². The number of aliphatic carboxylic acids is 1. The van der Waals surface area contributed by atoms with E-state index < -0.39 is 210 Å². The molecule has 4 aliphatic heterocycles. The van der Waals surface area contributed by atoms with E-state index >= 15 is 0 Å². The number of nitrogens with two attached hydrogens (primary N) is 4. The molecular formula is C67H106N20O18S2. The van der Waals surface area contributed by atoms with Crippen LogP contribution in [-0.2, 0) is 78.3 Å². The molecule has 0 spiro atoms. The van der Waals surface area contributed by atoms with Gasteiger partial charge >= 0.3 is 5.97 Å². The van der Waals surface area contributed by atoms with E-state index in [9.17, 15) is 87.2 Å². The van der Waals surface area contributed by atoms with Crippen LogP contribution in [0.15, 0.2) is 40.3 Å². The number of aliphatic hydroxyl groups is 2. The van der Waals surface area contributed by atoms with Crippen LogP contribution >= 0.6 is 25.3 Å². The third-order valence-corrected chi connectivity index (χ3v) is 19.8. The predicted octanol–water partition coefficient (Wildman–Crippen LogP) is -6.91. The Hall–Kier alpha value is -9.57. The van der Waals surface area contributed by atoms with Gasteiger partial charge in [-0.1, -0.05) is 70.9 Å². The van der Waals surface area contributed by atoms with Crippen molar-refractivity contribution in [2.24, 2.45) is 44.8 Å². The van der Waals surface area contributed by atoms with Crippen LogP contribution < -0.4 is 81.4 Å². The first-order valence-corrected chi connectivity index (χ1v) is 37.1. The van der Waals surface area contributed by atoms with Crippen molar-refractivity contribution in [2.45, 2.75) is 209 Å². The summed E-state index contributed by atoms with van der Waals surface area (Å²) in [5.74, 6) is -17.4. The molecule has 4 heterocycles. The Morgan fingerprint density at radius 2 is 0.907 bits per heavy atom. The third-order valence-electron chi connectivity index (χ3n) is 19.1. The number of carbonyl (C=O) groups excluding carboxylic acids is 14. The number of carboxylic acid groups (broad SMARTS) is 1. The molecule has 22 N–H and O–H groups in total. The van der Waals surface area contributed by atoms with E-state index in [0.29, 0.717) is 31.2 Å². The zero-order valence-electron chi connectivity index (χ0n) is 60.8. The normalized spacial score (nSPS) is 27.5. The summed E-state index contributed by atoms with van der Waals surface area (Å²) in [6.45, 7) is 5.88. The minimum atomic E-state index is -1.90. The van der Waals surface area contributed by atoms with Gasteiger partial charge in [-0.3, -0.25) is 81.9 Å². The molecule has 0 unspecified atom stereocenters. The largest absolute Gasteiger partial charge is 0.481 e. The molecule has 16 atom stereocenters. The molecule has 0 aliphatic carbocycles. The second kappa shape index (κ2) is 43.3. The van der Waals surface area contributed by atoms with Gasteiger partial charge in [-0.25, -0.2) is 0 Å². The zero-order valence-corrected chi connectivity index (χ0v) is 62.6. The summed E-state index contributed by atoms with van der Waals surface area (Å²) in [6, 6.07) is -11.1. The van der Waals surface area contributed by atoms with E-state index in [2.05, 4.69) is 93.7 Å². The van der Waals surface area contributed by atoms with E-state index in [0.717, 1.165) is 11.8 Å². The fourth-order valence-electron chi connectivity index (χ4n) is 12.7. The second-order valence-electron chi connectivity index (χ2n) is 27.0. The molecular weight excluding hydrogens is 1440 g/mol. The molecule has 4 fully saturated rings. The summed E-state index contributed by atoms with van der Waals surface area (Å²) in [7, 11) is 0. The molecule has 40 heteroatoms. The fourth-order valence-corrected chi connectivity index (χ4v) is 13.2. The summed E-state index contributed by atoms with van der Waals surface area (Å²) in [5, 5.41) is 59.0. The van der Waals surface area contributed by atoms with Crippen molar-refractivity contribution in [3.8, 4) is 0 Å². The van der Waals surface area contributed by atoms with E-state index in [1.54, 1.807) is 58.0 Å². The molecule has 0 saturated carbocycles. The van der Waals surface area contributed by atoms with Gasteiger partial charge in [-0.2, -0.15) is 25.3 Å². The summed E-state index contributed by atoms with van der Waals surface area (Å²) in [6.07, 6.45) is -1.56. The number of aliphatic imine (C=N–C) groups is 2. The first-order chi connectivity index (χ1) is 50.8. The van der Waals surface area contributed by atoms with Crippen LogP contribution in [0, 0.1) is 11.8 Å². The van der Waals surface area contributed by atoms with Gasteiger partial charge in [0.25, 0.3) is 0 Å². The first kappa shape index (κ1) is 88.1. The van der Waals surface area contributed by atoms with Gasteiger partial charge in [0.15, 0.2) is 11.9 Å². The SMILES string of the molecule is CC[C@H](C)[C@@H]1NC(=O)[C@@H]2CCCN2C(=O)[C@@H]2CCCN2C(=O)[C@H]([C@@H](C)CC)NC(=O)[C@H](CO)NC(=O)[C@H](CCCN=C(N)N)NC(=O)[C@H]([C@@H](C)O)NC(=O)[C@H](CS)NC(=O)[C@H](CCCN=C(N)N)NC(=O)CNC(=O)[C@H](CC(=O)O)NC(=O)[C@@H]2CCCN2C(=O)[C@H](Cc2ccccc2)NC(=O)[C@H](CS)NC1=O. The fraction of sp³-hybridized carbons (Fsp3) is 0.657. The van der Waals surface area contributed by atoms with Crippen LogP contribution in [0.4, 0.5) is 0 Å². The molecule has 38 nitrogen and oxygen atoms in total. The highest BCUT2D eigenvalue weighted by atomic mass is 32.1. The maximum atomic E-state index is 14.9. The molecule has 1 aromatic carbocycles. The number of hydrogen-bond donors (Lipinski definition) is 20. The molecule has 0 radical (unpaired) electrons. The standard InChI is InChI=1S/C67H106N20O18S2/c1-6-34(3)50-61(101)81-43(32-106)57(97)78-41(28-37-16-9-8-10-17-37)63(103)85-25-13-20-45(85)59(99)77-40(29-49(91)92)53(93)74-30-48(90)75-38(18-11-23-72-66(68)69)54(94)80-44(33-107)58(98)84-52(36(5)89)62(102)76-39(19-12-24-73-67(70)71)55(95)79-42(31-88)56(96)83-51(35(4)7-2)65(105)87-27-15-22-47(87)64(104)86-26-14-21-46(86)60(100)82-50/h8-10,16-17,34-36,38-47,50-52,88-89,106-107H,6-7,11-15,18-33H2,1-5H3,(H,74,93)(H,75,90)(H,76,102)(H,77,99)(H,78,97)(H,79,95)(H,80,94)(H,81,101)(H,82,100)(H,83,96)(H,84,98)(H,91,92)(H4,68,69,72)(H4,70,71,73)/t34-,35-,36+,38-,39-,40-,41-,42-,43-,44-,45-,46-,47-,50-,51-,52-/m0/s1. The van der Waals surface area contributed by atoms with Crippen molar-refractivity contribution in [3.63, 3.8) is 0 Å². The highest BCUT2D eigenvalue weighted by Crippen LogP contribution is 2.28. The van der Waals surface area contributed by atoms with Crippen LogP contribution in [0.2, 0.25) is 0 Å². The summed E-state index contributed by atoms with van der Waals surface area (Å²) in [4.78, 5) is 225. The lowest BCUT2D eigenvalue weighted by atomic mass is 9.96. The van der Waals surface area contributed by atoms with Gasteiger partial charge in [-0.05, 0) is 88.5 Å². The highest BCUT2D eigenvalue weighted by Gasteiger charge is 2.47. The lowest BCUT2D eigenvalue weighted by Gasteiger charge is -2.35. The minimum Gasteiger partial charge on any atom is -0.481 e. The highest BCUT2D eigenvalue weighted by molar-refractivity contribution is 7.80. The van der Waals surface area contributed by atoms with Gasteiger partial charge in [0.2, 0.25) is 82.7 Å². The molecule has 4 aliphatic rings. The quantitative estimate of drug-likeness (QED) is 0.0250. The van der Waals surface area contributed by atoms with Crippen LogP contribution in [0.5, 0.6) is 0 Å². The third kappa shape index (κ3) is 26.1. The van der Waals surface area contributed by atoms with Gasteiger partial charge < -0.3 is 111 Å². The number of rotatable bonds is 20. The Morgan fingerprint density at radius 1 is 0.495 bits per heavy atom. The molecule has 4 saturated heterocycles. The average Bonchev–Trinajstić information content (AvgIpc) is 1.70. The Labute approximate surface area is 630 Å². The minimum absolute atomic E-state index is 0.00661. The lowest BCUT2D eigenvalue weighted by molar-refractivity contribution is -0.149. The number of guanidine groups is 2. The van der Waals surface area contributed by atoms with Crippen molar-refractivity contribution in [1.29, 1.82) is 0 Å². The first-order valence-electron chi connectivity index (χ1n) is 35.9. The van der Waals surface area contributed by atoms with Gasteiger partial charge in [0.05, 0.1) is 25.7 Å². The van der Waals surface area contributed by atoms with Gasteiger partial charge in [-0.15, -0.1) is 0 Å². The number of thiol groups is 2. The lowest BCUT2D eigenvalue weighted by Crippen LogP contribution is -2.63. The monoisotopic (exact) mass is 1540 g/mol. The number of carbonyl (C=O) groups is 15. The van der Waals surface area contributed by atoms with E-state index in [1.807, 2.05) is 0 Å². The van der Waals surface area contributed by atoms with Crippen molar-refractivity contribution < 1.29 is 87.2 Å². The Morgan fingerprint density at radius 3 is 1.42 bits per heavy atom. The number of nitrogens with zero attached hydrogens (tertiary/aromatic N) is 5. The second-order valence-corrected chi connectivity index (χ2v) is 27.7. The van der Waals surface area contributed by atoms with Crippen LogP contribution in [0.3, 0.4) is 0 Å². The Kier molecular flexibility index (Phi) is 35.6. The number of carboxylic acids is 1. The number of benzene rings is 1. The topological polar surface area (TPSA) is 588 Å². The predicted molar refractivity (Wildman–Crippen MR) is 394 cm³/mol. The van der Waals surface area contributed by atoms with Crippen molar-refractivity contribution in [1.82, 2.24) is 73.2 Å². The number of aliphatic hydroxyl groups excluding tert-OH is 2. The number of hydrogen-bond acceptors (Lipinski definition) is 21. The summed E-state index contributed by atoms with van der Waals surface area (Å²) < 4.78 is 0. The van der Waals surface area contributed by atoms with Gasteiger partial charge in [0.1, 0.15) is 78.5 Å². The molecule has 5 rings (SSSR count). The van der Waals surface area contributed by atoms with Crippen molar-refractivity contribution >= 4 is 126 Å². The Bertz CT molecular complexity index is 3390. The number of amides is 14. The molecule has 14 amide bonds. The van der Waals surface area contributed by atoms with E-state index in [-0.39, 0.29) is 108 Å².